The molecular formula is C13H10F3N3. The minimum Gasteiger partial charge on any atom is -0.228 e. The highest BCUT2D eigenvalue weighted by Crippen LogP contribution is 2.33. The number of nitriles is 1. The van der Waals surface area contributed by atoms with Crippen molar-refractivity contribution in [2.45, 2.75) is 19.5 Å². The summed E-state index contributed by atoms with van der Waals surface area (Å²) in [6.45, 7) is 1.85. The van der Waals surface area contributed by atoms with Gasteiger partial charge >= 0.3 is 6.18 Å². The fourth-order valence-corrected chi connectivity index (χ4v) is 1.78. The normalized spacial score (nSPS) is 11.3. The van der Waals surface area contributed by atoms with E-state index >= 15 is 0 Å². The molecule has 0 amide bonds. The van der Waals surface area contributed by atoms with Gasteiger partial charge in [-0.2, -0.15) is 23.5 Å². The Balaban J connectivity index is 2.58. The first-order valence-corrected chi connectivity index (χ1v) is 5.51. The third kappa shape index (κ3) is 2.60. The van der Waals surface area contributed by atoms with Crippen LogP contribution in [-0.2, 0) is 12.6 Å². The molecule has 0 saturated carbocycles. The van der Waals surface area contributed by atoms with Gasteiger partial charge in [0.05, 0.1) is 24.4 Å². The summed E-state index contributed by atoms with van der Waals surface area (Å²) in [6.07, 6.45) is -3.78. The average Bonchev–Trinajstić information content (AvgIpc) is 2.74. The molecule has 98 valence electrons. The molecule has 0 aliphatic rings. The lowest BCUT2D eigenvalue weighted by Gasteiger charge is -2.12. The lowest BCUT2D eigenvalue weighted by atomic mass is 10.2. The maximum Gasteiger partial charge on any atom is 0.433 e. The van der Waals surface area contributed by atoms with Crippen molar-refractivity contribution >= 4 is 0 Å². The Morgan fingerprint density at radius 2 is 1.89 bits per heavy atom. The number of rotatable bonds is 2. The largest absolute Gasteiger partial charge is 0.433 e. The Hall–Kier alpha value is -2.29. The van der Waals surface area contributed by atoms with E-state index in [1.165, 1.54) is 0 Å². The van der Waals surface area contributed by atoms with E-state index in [-0.39, 0.29) is 12.0 Å². The third-order valence-corrected chi connectivity index (χ3v) is 2.66. The number of halogens is 3. The van der Waals surface area contributed by atoms with Gasteiger partial charge in [0, 0.05) is 5.56 Å². The number of nitrogens with zero attached hydrogens (tertiary/aromatic N) is 3. The smallest absolute Gasteiger partial charge is 0.228 e. The summed E-state index contributed by atoms with van der Waals surface area (Å²) in [6, 6.07) is 8.26. The maximum absolute atomic E-state index is 13.1. The molecule has 2 rings (SSSR count). The van der Waals surface area contributed by atoms with E-state index in [0.717, 1.165) is 16.4 Å². The zero-order chi connectivity index (χ0) is 14.0. The van der Waals surface area contributed by atoms with Gasteiger partial charge in [0.2, 0.25) is 0 Å². The molecule has 3 nitrogen and oxygen atoms in total. The molecule has 19 heavy (non-hydrogen) atoms. The topological polar surface area (TPSA) is 41.6 Å². The summed E-state index contributed by atoms with van der Waals surface area (Å²) < 4.78 is 40.0. The molecule has 0 unspecified atom stereocenters. The molecule has 0 spiro atoms. The van der Waals surface area contributed by atoms with Crippen LogP contribution in [0.25, 0.3) is 5.69 Å². The van der Waals surface area contributed by atoms with Crippen LogP contribution in [0.15, 0.2) is 30.5 Å². The molecule has 0 aliphatic heterocycles. The predicted molar refractivity (Wildman–Crippen MR) is 62.6 cm³/mol. The SMILES string of the molecule is Cc1ccc(-n2ncc(CC#N)c2C(F)(F)F)cc1. The Kier molecular flexibility index (Phi) is 3.30. The lowest BCUT2D eigenvalue weighted by molar-refractivity contribution is -0.143. The molecule has 0 atom stereocenters. The first-order chi connectivity index (χ1) is 8.93. The molecule has 0 fully saturated rings. The second kappa shape index (κ2) is 4.76. The Labute approximate surface area is 107 Å². The fraction of sp³-hybridized carbons (Fsp3) is 0.231. The number of hydrogen-bond donors (Lipinski definition) is 0. The number of alkyl halides is 3. The second-order valence-corrected chi connectivity index (χ2v) is 4.10. The van der Waals surface area contributed by atoms with E-state index in [1.54, 1.807) is 30.3 Å². The molecule has 1 aromatic heterocycles. The van der Waals surface area contributed by atoms with Crippen LogP contribution in [0.1, 0.15) is 16.8 Å². The first-order valence-electron chi connectivity index (χ1n) is 5.51. The molecule has 0 bridgehead atoms. The molecule has 0 aliphatic carbocycles. The van der Waals surface area contributed by atoms with Gasteiger partial charge in [-0.3, -0.25) is 0 Å². The summed E-state index contributed by atoms with van der Waals surface area (Å²) >= 11 is 0. The molecule has 0 saturated heterocycles. The zero-order valence-corrected chi connectivity index (χ0v) is 10.1. The van der Waals surface area contributed by atoms with Crippen molar-refractivity contribution in [2.24, 2.45) is 0 Å². The van der Waals surface area contributed by atoms with Crippen LogP contribution in [0, 0.1) is 18.3 Å². The van der Waals surface area contributed by atoms with Crippen molar-refractivity contribution in [3.8, 4) is 11.8 Å². The van der Waals surface area contributed by atoms with Crippen LogP contribution < -0.4 is 0 Å². The summed E-state index contributed by atoms with van der Waals surface area (Å²) in [5.41, 5.74) is 0.261. The number of hydrogen-bond acceptors (Lipinski definition) is 2. The monoisotopic (exact) mass is 265 g/mol. The van der Waals surface area contributed by atoms with Crippen molar-refractivity contribution in [1.82, 2.24) is 9.78 Å². The Morgan fingerprint density at radius 1 is 1.26 bits per heavy atom. The quantitative estimate of drug-likeness (QED) is 0.836. The standard InChI is InChI=1S/C13H10F3N3/c1-9-2-4-11(5-3-9)19-12(13(14,15)16)10(6-7-17)8-18-19/h2-5,8H,6H2,1H3. The van der Waals surface area contributed by atoms with E-state index < -0.39 is 11.9 Å². The Bertz CT molecular complexity index is 618. The zero-order valence-electron chi connectivity index (χ0n) is 10.1. The van der Waals surface area contributed by atoms with Crippen LogP contribution in [0.5, 0.6) is 0 Å². The van der Waals surface area contributed by atoms with Gasteiger partial charge in [0.15, 0.2) is 5.69 Å². The molecule has 1 aromatic carbocycles. The van der Waals surface area contributed by atoms with Crippen LogP contribution in [-0.4, -0.2) is 9.78 Å². The molecule has 1 heterocycles. The predicted octanol–water partition coefficient (Wildman–Crippen LogP) is 3.27. The highest BCUT2D eigenvalue weighted by molar-refractivity contribution is 5.38. The minimum atomic E-state index is -4.55. The van der Waals surface area contributed by atoms with Gasteiger partial charge in [-0.25, -0.2) is 4.68 Å². The summed E-state index contributed by atoms with van der Waals surface area (Å²) in [5, 5.41) is 12.3. The summed E-state index contributed by atoms with van der Waals surface area (Å²) in [4.78, 5) is 0. The lowest BCUT2D eigenvalue weighted by Crippen LogP contribution is -2.15. The van der Waals surface area contributed by atoms with Gasteiger partial charge in [-0.1, -0.05) is 17.7 Å². The van der Waals surface area contributed by atoms with E-state index in [2.05, 4.69) is 5.10 Å². The van der Waals surface area contributed by atoms with Gasteiger partial charge < -0.3 is 0 Å². The molecule has 2 aromatic rings. The van der Waals surface area contributed by atoms with Crippen LogP contribution in [0.3, 0.4) is 0 Å². The number of aryl methyl sites for hydroxylation is 1. The van der Waals surface area contributed by atoms with E-state index in [4.69, 9.17) is 5.26 Å². The Morgan fingerprint density at radius 3 is 2.42 bits per heavy atom. The molecule has 6 heteroatoms. The summed E-state index contributed by atoms with van der Waals surface area (Å²) in [5.74, 6) is 0. The van der Waals surface area contributed by atoms with Crippen LogP contribution in [0.4, 0.5) is 13.2 Å². The molecule has 0 N–H and O–H groups in total. The van der Waals surface area contributed by atoms with E-state index in [9.17, 15) is 13.2 Å². The number of aromatic nitrogens is 2. The summed E-state index contributed by atoms with van der Waals surface area (Å²) in [7, 11) is 0. The van der Waals surface area contributed by atoms with Gasteiger partial charge in [0.1, 0.15) is 0 Å². The third-order valence-electron chi connectivity index (χ3n) is 2.66. The second-order valence-electron chi connectivity index (χ2n) is 4.10. The number of benzene rings is 1. The van der Waals surface area contributed by atoms with Gasteiger partial charge in [0.25, 0.3) is 0 Å². The first kappa shape index (κ1) is 13.1. The van der Waals surface area contributed by atoms with Crippen molar-refractivity contribution in [2.75, 3.05) is 0 Å². The van der Waals surface area contributed by atoms with E-state index in [0.29, 0.717) is 5.69 Å². The van der Waals surface area contributed by atoms with Crippen molar-refractivity contribution in [3.05, 3.63) is 47.3 Å². The highest BCUT2D eigenvalue weighted by Gasteiger charge is 2.38. The minimum absolute atomic E-state index is 0.115. The molecular weight excluding hydrogens is 255 g/mol. The van der Waals surface area contributed by atoms with Crippen molar-refractivity contribution in [1.29, 1.82) is 5.26 Å². The average molecular weight is 265 g/mol. The fourth-order valence-electron chi connectivity index (χ4n) is 1.78. The van der Waals surface area contributed by atoms with E-state index in [1.807, 2.05) is 6.92 Å². The van der Waals surface area contributed by atoms with Crippen molar-refractivity contribution in [3.63, 3.8) is 0 Å². The van der Waals surface area contributed by atoms with Gasteiger partial charge in [-0.05, 0) is 19.1 Å². The maximum atomic E-state index is 13.1. The van der Waals surface area contributed by atoms with Crippen LogP contribution in [0.2, 0.25) is 0 Å². The van der Waals surface area contributed by atoms with Crippen LogP contribution >= 0.6 is 0 Å². The molecule has 0 radical (unpaired) electrons. The highest BCUT2D eigenvalue weighted by atomic mass is 19.4. The van der Waals surface area contributed by atoms with Crippen molar-refractivity contribution < 1.29 is 13.2 Å². The van der Waals surface area contributed by atoms with Gasteiger partial charge in [-0.15, -0.1) is 0 Å².